The average Bonchev–Trinajstić information content (AvgIpc) is 2.43. The van der Waals surface area contributed by atoms with Crippen molar-refractivity contribution >= 4 is 17.9 Å². The lowest BCUT2D eigenvalue weighted by molar-refractivity contribution is -0.126. The molecule has 0 aliphatic heterocycles. The van der Waals surface area contributed by atoms with Gasteiger partial charge in [0.2, 0.25) is 11.8 Å². The number of hydrogen-bond acceptors (Lipinski definition) is 2. The first-order chi connectivity index (χ1) is 9.13. The second-order valence-corrected chi connectivity index (χ2v) is 4.27. The van der Waals surface area contributed by atoms with Crippen molar-refractivity contribution in [3.05, 3.63) is 42.0 Å². The number of amides is 2. The van der Waals surface area contributed by atoms with Gasteiger partial charge < -0.3 is 10.6 Å². The first-order valence-electron chi connectivity index (χ1n) is 6.44. The second-order valence-electron chi connectivity index (χ2n) is 4.27. The van der Waals surface area contributed by atoms with E-state index in [1.165, 1.54) is 6.08 Å². The predicted molar refractivity (Wildman–Crippen MR) is 76.4 cm³/mol. The summed E-state index contributed by atoms with van der Waals surface area (Å²) in [4.78, 5) is 23.2. The Kier molecular flexibility index (Phi) is 6.36. The fourth-order valence-electron chi connectivity index (χ4n) is 1.46. The normalized spacial score (nSPS) is 12.1. The second kappa shape index (κ2) is 8.08. The highest BCUT2D eigenvalue weighted by atomic mass is 16.2. The van der Waals surface area contributed by atoms with Gasteiger partial charge >= 0.3 is 0 Å². The molecule has 1 aromatic carbocycles. The largest absolute Gasteiger partial charge is 0.354 e. The van der Waals surface area contributed by atoms with E-state index in [2.05, 4.69) is 10.6 Å². The Hall–Kier alpha value is -2.10. The van der Waals surface area contributed by atoms with Crippen molar-refractivity contribution in [3.8, 4) is 0 Å². The number of nitrogens with one attached hydrogen (secondary N) is 2. The fourth-order valence-corrected chi connectivity index (χ4v) is 1.46. The lowest BCUT2D eigenvalue weighted by Crippen LogP contribution is -2.44. The standard InChI is InChI=1S/C15H20N2O2/c1-3-11-16-15(19)12(2)17-14(18)10-9-13-7-5-4-6-8-13/h4-10,12H,3,11H2,1-2H3,(H,16,19)(H,17,18)/b10-9+/t12-/m0/s1. The fraction of sp³-hybridized carbons (Fsp3) is 0.333. The summed E-state index contributed by atoms with van der Waals surface area (Å²) in [6, 6.07) is 9.00. The first-order valence-corrected chi connectivity index (χ1v) is 6.44. The molecule has 0 aliphatic carbocycles. The third kappa shape index (κ3) is 5.86. The van der Waals surface area contributed by atoms with Gasteiger partial charge in [-0.3, -0.25) is 9.59 Å². The summed E-state index contributed by atoms with van der Waals surface area (Å²) < 4.78 is 0. The van der Waals surface area contributed by atoms with Crippen molar-refractivity contribution in [3.63, 3.8) is 0 Å². The minimum Gasteiger partial charge on any atom is -0.354 e. The molecule has 0 radical (unpaired) electrons. The lowest BCUT2D eigenvalue weighted by Gasteiger charge is -2.12. The molecule has 2 N–H and O–H groups in total. The summed E-state index contributed by atoms with van der Waals surface area (Å²) in [5.41, 5.74) is 0.945. The van der Waals surface area contributed by atoms with Gasteiger partial charge in [-0.25, -0.2) is 0 Å². The quantitative estimate of drug-likeness (QED) is 0.765. The molecule has 4 nitrogen and oxygen atoms in total. The van der Waals surface area contributed by atoms with Crippen LogP contribution in [0.5, 0.6) is 0 Å². The molecule has 4 heteroatoms. The zero-order chi connectivity index (χ0) is 14.1. The van der Waals surface area contributed by atoms with Crippen LogP contribution in [0.15, 0.2) is 36.4 Å². The summed E-state index contributed by atoms with van der Waals surface area (Å²) in [5.74, 6) is -0.439. The van der Waals surface area contributed by atoms with E-state index in [9.17, 15) is 9.59 Å². The molecule has 0 fully saturated rings. The molecule has 102 valence electrons. The van der Waals surface area contributed by atoms with E-state index >= 15 is 0 Å². The van der Waals surface area contributed by atoms with Crippen LogP contribution in [0.25, 0.3) is 6.08 Å². The maximum Gasteiger partial charge on any atom is 0.244 e. The Balaban J connectivity index is 2.42. The van der Waals surface area contributed by atoms with Crippen molar-refractivity contribution in [1.82, 2.24) is 10.6 Å². The van der Waals surface area contributed by atoms with E-state index in [0.29, 0.717) is 6.54 Å². The third-order valence-electron chi connectivity index (χ3n) is 2.53. The molecule has 0 spiro atoms. The molecule has 0 unspecified atom stereocenters. The van der Waals surface area contributed by atoms with Gasteiger partial charge in [0.1, 0.15) is 6.04 Å². The monoisotopic (exact) mass is 260 g/mol. The van der Waals surface area contributed by atoms with Gasteiger partial charge in [0.25, 0.3) is 0 Å². The molecule has 1 aromatic rings. The van der Waals surface area contributed by atoms with E-state index in [-0.39, 0.29) is 11.8 Å². The summed E-state index contributed by atoms with van der Waals surface area (Å²) in [7, 11) is 0. The SMILES string of the molecule is CCCNC(=O)[C@H](C)NC(=O)/C=C/c1ccccc1. The van der Waals surface area contributed by atoms with Crippen LogP contribution >= 0.6 is 0 Å². The van der Waals surface area contributed by atoms with Crippen molar-refractivity contribution in [2.45, 2.75) is 26.3 Å². The Morgan fingerprint density at radius 3 is 2.58 bits per heavy atom. The molecule has 0 bridgehead atoms. The minimum absolute atomic E-state index is 0.164. The maximum atomic E-state index is 11.6. The predicted octanol–water partition coefficient (Wildman–Crippen LogP) is 1.73. The number of hydrogen-bond donors (Lipinski definition) is 2. The molecule has 19 heavy (non-hydrogen) atoms. The maximum absolute atomic E-state index is 11.6. The average molecular weight is 260 g/mol. The lowest BCUT2D eigenvalue weighted by atomic mass is 10.2. The Morgan fingerprint density at radius 1 is 1.26 bits per heavy atom. The molecule has 1 rings (SSSR count). The summed E-state index contributed by atoms with van der Waals surface area (Å²) >= 11 is 0. The van der Waals surface area contributed by atoms with Gasteiger partial charge in [-0.2, -0.15) is 0 Å². The third-order valence-corrected chi connectivity index (χ3v) is 2.53. The van der Waals surface area contributed by atoms with Crippen LogP contribution in [0.4, 0.5) is 0 Å². The molecule has 0 saturated carbocycles. The number of benzene rings is 1. The van der Waals surface area contributed by atoms with E-state index in [1.54, 1.807) is 13.0 Å². The van der Waals surface area contributed by atoms with Crippen molar-refractivity contribution in [2.75, 3.05) is 6.54 Å². The van der Waals surface area contributed by atoms with E-state index in [4.69, 9.17) is 0 Å². The number of carbonyl (C=O) groups excluding carboxylic acids is 2. The van der Waals surface area contributed by atoms with Gasteiger partial charge in [-0.1, -0.05) is 37.3 Å². The van der Waals surface area contributed by atoms with Gasteiger partial charge in [-0.15, -0.1) is 0 Å². The molecule has 0 aliphatic rings. The highest BCUT2D eigenvalue weighted by Crippen LogP contribution is 2.00. The van der Waals surface area contributed by atoms with Crippen LogP contribution in [0.2, 0.25) is 0 Å². The number of rotatable bonds is 6. The van der Waals surface area contributed by atoms with Crippen molar-refractivity contribution < 1.29 is 9.59 Å². The molecular weight excluding hydrogens is 240 g/mol. The smallest absolute Gasteiger partial charge is 0.244 e. The van der Waals surface area contributed by atoms with Crippen LogP contribution in [0, 0.1) is 0 Å². The zero-order valence-electron chi connectivity index (χ0n) is 11.3. The number of carbonyl (C=O) groups is 2. The van der Waals surface area contributed by atoms with Gasteiger partial charge in [0, 0.05) is 12.6 Å². The summed E-state index contributed by atoms with van der Waals surface area (Å²) in [6.45, 7) is 4.27. The molecular formula is C15H20N2O2. The first kappa shape index (κ1) is 15.0. The molecule has 2 amide bonds. The van der Waals surface area contributed by atoms with E-state index in [1.807, 2.05) is 37.3 Å². The van der Waals surface area contributed by atoms with Crippen molar-refractivity contribution in [1.29, 1.82) is 0 Å². The van der Waals surface area contributed by atoms with Crippen LogP contribution in [-0.2, 0) is 9.59 Å². The summed E-state index contributed by atoms with van der Waals surface area (Å²) in [6.07, 6.45) is 4.02. The summed E-state index contributed by atoms with van der Waals surface area (Å²) in [5, 5.41) is 5.35. The molecule has 0 aromatic heterocycles. The van der Waals surface area contributed by atoms with Gasteiger partial charge in [0.05, 0.1) is 0 Å². The minimum atomic E-state index is -0.528. The Bertz CT molecular complexity index is 441. The van der Waals surface area contributed by atoms with Crippen LogP contribution in [-0.4, -0.2) is 24.4 Å². The van der Waals surface area contributed by atoms with Crippen molar-refractivity contribution in [2.24, 2.45) is 0 Å². The zero-order valence-corrected chi connectivity index (χ0v) is 11.3. The van der Waals surface area contributed by atoms with Crippen LogP contribution in [0.1, 0.15) is 25.8 Å². The van der Waals surface area contributed by atoms with Gasteiger partial charge in [-0.05, 0) is 25.0 Å². The Labute approximate surface area is 113 Å². The highest BCUT2D eigenvalue weighted by molar-refractivity contribution is 5.95. The Morgan fingerprint density at radius 2 is 1.95 bits per heavy atom. The van der Waals surface area contributed by atoms with E-state index < -0.39 is 6.04 Å². The van der Waals surface area contributed by atoms with Crippen LogP contribution < -0.4 is 10.6 Å². The molecule has 1 atom stereocenters. The topological polar surface area (TPSA) is 58.2 Å². The van der Waals surface area contributed by atoms with Crippen LogP contribution in [0.3, 0.4) is 0 Å². The van der Waals surface area contributed by atoms with Gasteiger partial charge in [0.15, 0.2) is 0 Å². The molecule has 0 heterocycles. The molecule has 0 saturated heterocycles. The highest BCUT2D eigenvalue weighted by Gasteiger charge is 2.12. The van der Waals surface area contributed by atoms with E-state index in [0.717, 1.165) is 12.0 Å².